The summed E-state index contributed by atoms with van der Waals surface area (Å²) in [6.07, 6.45) is 0. The molecule has 0 unspecified atom stereocenters. The van der Waals surface area contributed by atoms with E-state index in [0.29, 0.717) is 0 Å². The Hall–Kier alpha value is -0.131. The molecule has 0 fully saturated rings. The van der Waals surface area contributed by atoms with Crippen molar-refractivity contribution >= 4 is 93.6 Å². The zero-order chi connectivity index (χ0) is 38.7. The zero-order valence-electron chi connectivity index (χ0n) is 19.3. The van der Waals surface area contributed by atoms with Crippen LogP contribution in [0.3, 0.4) is 0 Å². The third-order valence-electron chi connectivity index (χ3n) is 0.583. The molecule has 6 N–H and O–H groups in total. The SMILES string of the molecule is O=S(=O)(O)O.O=S(=O)(O)O.O=S(=O)(O)O.O=S(=O)([O-])OOS(=O)(=O)[O-].O=S(=O)([O-])OOS(=O)(=O)[O-].O=S(=O)([O-])OOS(=O)(=O)[O-].[Fe+3].[Fe+3]. The first-order valence-corrected chi connectivity index (χ1v) is 18.8. The molecule has 0 spiro atoms. The number of hydrogen-bond acceptors (Lipinski definition) is 30. The van der Waals surface area contributed by atoms with E-state index in [-0.39, 0.29) is 34.1 Å². The smallest absolute Gasteiger partial charge is 0.724 e. The van der Waals surface area contributed by atoms with Crippen molar-refractivity contribution in [3.63, 3.8) is 0 Å². The quantitative estimate of drug-likeness (QED) is 0.0411. The summed E-state index contributed by atoms with van der Waals surface area (Å²) in [5.74, 6) is 0. The number of hydrogen-bond donors (Lipinski definition) is 6. The van der Waals surface area contributed by atoms with Crippen LogP contribution < -0.4 is 0 Å². The Labute approximate surface area is 282 Å². The van der Waals surface area contributed by atoms with Gasteiger partial charge in [-0.1, -0.05) is 0 Å². The predicted molar refractivity (Wildman–Crippen MR) is 107 cm³/mol. The molecule has 0 amide bonds. The van der Waals surface area contributed by atoms with Gasteiger partial charge in [0.25, 0.3) is 0 Å². The van der Waals surface area contributed by atoms with Crippen LogP contribution in [0.2, 0.25) is 0 Å². The molecule has 0 atom stereocenters. The van der Waals surface area contributed by atoms with Gasteiger partial charge in [-0.05, 0) is 0 Å². The van der Waals surface area contributed by atoms with Crippen molar-refractivity contribution in [2.24, 2.45) is 0 Å². The summed E-state index contributed by atoms with van der Waals surface area (Å²) in [6, 6.07) is 0. The van der Waals surface area contributed by atoms with Gasteiger partial charge in [0, 0.05) is 0 Å². The molecule has 0 bridgehead atoms. The normalized spacial score (nSPS) is 12.3. The van der Waals surface area contributed by atoms with Crippen LogP contribution in [0, 0.1) is 0 Å². The maximum Gasteiger partial charge on any atom is 3.00 e. The van der Waals surface area contributed by atoms with E-state index in [1.165, 1.54) is 0 Å². The average molecular weight is 982 g/mol. The number of rotatable bonds is 9. The molecule has 0 aliphatic heterocycles. The van der Waals surface area contributed by atoms with E-state index in [0.717, 1.165) is 0 Å². The van der Waals surface area contributed by atoms with Crippen LogP contribution in [0.5, 0.6) is 0 Å². The molecule has 0 aromatic carbocycles. The van der Waals surface area contributed by atoms with Crippen molar-refractivity contribution < 1.29 is 191 Å². The fourth-order valence-corrected chi connectivity index (χ4v) is 1.84. The maximum atomic E-state index is 9.37. The van der Waals surface area contributed by atoms with Crippen molar-refractivity contribution in [2.45, 2.75) is 0 Å². The van der Waals surface area contributed by atoms with Crippen LogP contribution in [0.25, 0.3) is 0 Å². The summed E-state index contributed by atoms with van der Waals surface area (Å²) in [4.78, 5) is 0. The zero-order valence-corrected chi connectivity index (χ0v) is 28.9. The molecule has 0 saturated heterocycles. The molecule has 0 aromatic rings. The van der Waals surface area contributed by atoms with E-state index in [1.807, 2.05) is 0 Å². The van der Waals surface area contributed by atoms with Gasteiger partial charge in [-0.25, -0.2) is 50.5 Å². The molecule has 0 heterocycles. The molecular formula is H6Fe2O36S9. The maximum absolute atomic E-state index is 9.37. The second-order valence-electron chi connectivity index (χ2n) is 4.20. The van der Waals surface area contributed by atoms with Crippen LogP contribution in [0.1, 0.15) is 0 Å². The minimum atomic E-state index is -5.31. The molecule has 47 heavy (non-hydrogen) atoms. The van der Waals surface area contributed by atoms with Gasteiger partial charge in [0.2, 0.25) is 62.4 Å². The standard InChI is InChI=1S/2Fe.3H2O8S2.3H2O4S/c;;3*1-9(2,3)7-8-10(4,5)6;3*1-5(2,3)4/h;;3*(H,1,2,3)(H,4,5,6);3*(H2,1,2,3,4)/q2*+3;;;;;;/p-6. The van der Waals surface area contributed by atoms with Gasteiger partial charge in [-0.3, -0.25) is 27.3 Å². The first-order valence-electron chi connectivity index (χ1n) is 6.60. The van der Waals surface area contributed by atoms with Crippen molar-refractivity contribution in [3.05, 3.63) is 0 Å². The molecule has 0 aliphatic rings. The summed E-state index contributed by atoms with van der Waals surface area (Å²) in [5.41, 5.74) is 0. The van der Waals surface area contributed by atoms with E-state index in [2.05, 4.69) is 26.0 Å². The van der Waals surface area contributed by atoms with Crippen LogP contribution >= 0.6 is 0 Å². The Bertz CT molecular complexity index is 1480. The second kappa shape index (κ2) is 25.8. The van der Waals surface area contributed by atoms with Crippen molar-refractivity contribution in [2.75, 3.05) is 0 Å². The molecule has 47 heteroatoms. The molecule has 36 nitrogen and oxygen atoms in total. The molecule has 292 valence electrons. The topological polar surface area (TPSA) is 622 Å². The van der Waals surface area contributed by atoms with Gasteiger partial charge in [0.05, 0.1) is 0 Å². The third-order valence-corrected chi connectivity index (χ3v) is 2.25. The minimum Gasteiger partial charge on any atom is -0.724 e. The minimum absolute atomic E-state index is 0. The van der Waals surface area contributed by atoms with Gasteiger partial charge >= 0.3 is 65.3 Å². The molecule has 0 aromatic heterocycles. The van der Waals surface area contributed by atoms with E-state index < -0.39 is 93.6 Å². The monoisotopic (exact) mass is 981 g/mol. The van der Waals surface area contributed by atoms with E-state index >= 15 is 0 Å². The van der Waals surface area contributed by atoms with Crippen LogP contribution in [-0.4, -0.2) is 130 Å². The molecule has 0 rings (SSSR count). The summed E-state index contributed by atoms with van der Waals surface area (Å²) in [6.45, 7) is 0. The Morgan fingerprint density at radius 1 is 0.255 bits per heavy atom. The van der Waals surface area contributed by atoms with E-state index in [4.69, 9.17) is 52.6 Å². The van der Waals surface area contributed by atoms with Crippen molar-refractivity contribution in [1.82, 2.24) is 0 Å². The third kappa shape index (κ3) is 203. The average Bonchev–Trinajstić information content (AvgIpc) is 2.57. The van der Waals surface area contributed by atoms with Gasteiger partial charge in [-0.2, -0.15) is 25.3 Å². The first kappa shape index (κ1) is 65.3. The van der Waals surface area contributed by atoms with E-state index in [1.54, 1.807) is 0 Å². The van der Waals surface area contributed by atoms with Crippen LogP contribution in [0.15, 0.2) is 0 Å². The Kier molecular flexibility index (Phi) is 35.8. The largest absolute Gasteiger partial charge is 3.00 e. The molecule has 0 saturated carbocycles. The van der Waals surface area contributed by atoms with E-state index in [9.17, 15) is 77.8 Å². The van der Waals surface area contributed by atoms with Crippen molar-refractivity contribution in [3.8, 4) is 0 Å². The first-order chi connectivity index (χ1) is 18.6. The second-order valence-corrected chi connectivity index (χ2v) is 12.6. The van der Waals surface area contributed by atoms with Gasteiger partial charge in [-0.15, -0.1) is 26.0 Å². The molecule has 2 radical (unpaired) electrons. The predicted octanol–water partition coefficient (Wildman–Crippen LogP) is -8.40. The Morgan fingerprint density at radius 3 is 0.319 bits per heavy atom. The summed E-state index contributed by atoms with van der Waals surface area (Å²) >= 11 is 0. The fraction of sp³-hybridized carbons (Fsp3) is 0. The summed E-state index contributed by atoms with van der Waals surface area (Å²) in [5, 5.41) is 0. The summed E-state index contributed by atoms with van der Waals surface area (Å²) in [7, 11) is -45.9. The van der Waals surface area contributed by atoms with Crippen LogP contribution in [0.4, 0.5) is 0 Å². The van der Waals surface area contributed by atoms with Gasteiger partial charge < -0.3 is 27.3 Å². The Balaban J connectivity index is -0.0000000660. The van der Waals surface area contributed by atoms with Crippen molar-refractivity contribution in [1.29, 1.82) is 0 Å². The van der Waals surface area contributed by atoms with Crippen LogP contribution in [-0.2, 0) is 154 Å². The molecular weight excluding hydrogens is 976 g/mol. The molecule has 0 aliphatic carbocycles. The summed E-state index contributed by atoms with van der Waals surface area (Å²) < 4.78 is 279. The van der Waals surface area contributed by atoms with Gasteiger partial charge in [0.1, 0.15) is 0 Å². The Morgan fingerprint density at radius 2 is 0.298 bits per heavy atom. The van der Waals surface area contributed by atoms with Gasteiger partial charge in [0.15, 0.2) is 0 Å². The fourth-order valence-electron chi connectivity index (χ4n) is 0.204.